The van der Waals surface area contributed by atoms with Gasteiger partial charge in [-0.15, -0.1) is 0 Å². The Bertz CT molecular complexity index is 393. The van der Waals surface area contributed by atoms with Gasteiger partial charge in [0.1, 0.15) is 5.82 Å². The highest BCUT2D eigenvalue weighted by Crippen LogP contribution is 2.19. The number of hydrogen-bond acceptors (Lipinski definition) is 4. The van der Waals surface area contributed by atoms with Crippen LogP contribution in [-0.4, -0.2) is 28.9 Å². The van der Waals surface area contributed by atoms with Gasteiger partial charge >= 0.3 is 0 Å². The largest absolute Gasteiger partial charge is 0.384 e. The lowest BCUT2D eigenvalue weighted by Crippen LogP contribution is -2.25. The van der Waals surface area contributed by atoms with E-state index in [1.807, 2.05) is 11.0 Å². The van der Waals surface area contributed by atoms with E-state index in [0.717, 1.165) is 12.1 Å². The Morgan fingerprint density at radius 1 is 1.56 bits per heavy atom. The van der Waals surface area contributed by atoms with E-state index >= 15 is 0 Å². The number of nitrogen functional groups attached to an aromatic ring is 1. The average molecular weight is 220 g/mol. The minimum atomic E-state index is 0.172. The summed E-state index contributed by atoms with van der Waals surface area (Å²) < 4.78 is 0. The fourth-order valence-corrected chi connectivity index (χ4v) is 1.98. The second kappa shape index (κ2) is 4.49. The van der Waals surface area contributed by atoms with Crippen molar-refractivity contribution in [3.63, 3.8) is 0 Å². The first-order valence-corrected chi connectivity index (χ1v) is 5.37. The van der Waals surface area contributed by atoms with Crippen molar-refractivity contribution in [1.29, 1.82) is 0 Å². The molecule has 0 aliphatic carbocycles. The topological polar surface area (TPSA) is 85.2 Å². The molecule has 0 aromatic carbocycles. The maximum Gasteiger partial charge on any atom is 0.223 e. The summed E-state index contributed by atoms with van der Waals surface area (Å²) in [5.74, 6) is 0.956. The van der Waals surface area contributed by atoms with Crippen molar-refractivity contribution >= 4 is 11.7 Å². The number of nitrogens with zero attached hydrogens (tertiary/aromatic N) is 2. The summed E-state index contributed by atoms with van der Waals surface area (Å²) >= 11 is 0. The summed E-state index contributed by atoms with van der Waals surface area (Å²) in [6.07, 6.45) is 2.22. The molecule has 1 unspecified atom stereocenters. The van der Waals surface area contributed by atoms with Crippen LogP contribution in [0, 0.1) is 5.92 Å². The van der Waals surface area contributed by atoms with E-state index < -0.39 is 0 Å². The highest BCUT2D eigenvalue weighted by molar-refractivity contribution is 5.78. The summed E-state index contributed by atoms with van der Waals surface area (Å²) in [4.78, 5) is 17.4. The van der Waals surface area contributed by atoms with Gasteiger partial charge in [-0.25, -0.2) is 4.98 Å². The number of hydrogen-bond donors (Lipinski definition) is 2. The Morgan fingerprint density at radius 3 is 3.00 bits per heavy atom. The first kappa shape index (κ1) is 10.9. The second-order valence-corrected chi connectivity index (χ2v) is 4.17. The van der Waals surface area contributed by atoms with Crippen LogP contribution in [0.25, 0.3) is 0 Å². The number of carbonyl (C=O) groups is 1. The molecule has 1 aliphatic heterocycles. The molecular formula is C11H16N4O. The van der Waals surface area contributed by atoms with Crippen molar-refractivity contribution in [3.8, 4) is 0 Å². The third-order valence-electron chi connectivity index (χ3n) is 2.85. The molecular weight excluding hydrogens is 204 g/mol. The molecule has 4 N–H and O–H groups in total. The molecule has 1 amide bonds. The van der Waals surface area contributed by atoms with Gasteiger partial charge in [-0.3, -0.25) is 4.79 Å². The molecule has 0 saturated carbocycles. The number of rotatable bonds is 3. The number of nitrogens with two attached hydrogens (primary N) is 2. The lowest BCUT2D eigenvalue weighted by Gasteiger charge is -2.16. The van der Waals surface area contributed by atoms with Gasteiger partial charge in [0.15, 0.2) is 0 Å². The first-order chi connectivity index (χ1) is 7.69. The Morgan fingerprint density at radius 2 is 2.38 bits per heavy atom. The van der Waals surface area contributed by atoms with Crippen LogP contribution in [0.4, 0.5) is 5.82 Å². The zero-order valence-corrected chi connectivity index (χ0v) is 9.10. The lowest BCUT2D eigenvalue weighted by molar-refractivity contribution is -0.128. The zero-order chi connectivity index (χ0) is 11.5. The maximum atomic E-state index is 11.7. The van der Waals surface area contributed by atoms with Gasteiger partial charge in [-0.05, 0) is 30.2 Å². The first-order valence-electron chi connectivity index (χ1n) is 5.37. The van der Waals surface area contributed by atoms with Gasteiger partial charge in [0.05, 0.1) is 0 Å². The number of aromatic nitrogens is 1. The molecule has 1 aromatic heterocycles. The molecule has 5 nitrogen and oxygen atoms in total. The third kappa shape index (κ3) is 2.30. The predicted molar refractivity (Wildman–Crippen MR) is 61.2 cm³/mol. The molecule has 16 heavy (non-hydrogen) atoms. The minimum absolute atomic E-state index is 0.172. The van der Waals surface area contributed by atoms with Gasteiger partial charge in [-0.2, -0.15) is 0 Å². The van der Waals surface area contributed by atoms with E-state index in [0.29, 0.717) is 31.2 Å². The van der Waals surface area contributed by atoms with E-state index in [-0.39, 0.29) is 5.91 Å². The van der Waals surface area contributed by atoms with Crippen LogP contribution < -0.4 is 11.5 Å². The number of likely N-dealkylation sites (tertiary alicyclic amines) is 1. The van der Waals surface area contributed by atoms with Gasteiger partial charge < -0.3 is 16.4 Å². The highest BCUT2D eigenvalue weighted by Gasteiger charge is 2.28. The Kier molecular flexibility index (Phi) is 3.05. The monoisotopic (exact) mass is 220 g/mol. The maximum absolute atomic E-state index is 11.7. The minimum Gasteiger partial charge on any atom is -0.384 e. The Labute approximate surface area is 94.4 Å². The van der Waals surface area contributed by atoms with Crippen molar-refractivity contribution in [2.75, 3.05) is 18.8 Å². The lowest BCUT2D eigenvalue weighted by atomic mass is 10.1. The van der Waals surface area contributed by atoms with E-state index in [4.69, 9.17) is 11.5 Å². The highest BCUT2D eigenvalue weighted by atomic mass is 16.2. The molecule has 0 spiro atoms. The normalized spacial score (nSPS) is 20.4. The molecule has 1 aliphatic rings. The zero-order valence-electron chi connectivity index (χ0n) is 9.10. The molecule has 2 rings (SSSR count). The van der Waals surface area contributed by atoms with Crippen molar-refractivity contribution in [2.24, 2.45) is 11.7 Å². The SMILES string of the molecule is NCC1CC(=O)N(Cc2ccnc(N)c2)C1. The van der Waals surface area contributed by atoms with Gasteiger partial charge in [0.25, 0.3) is 0 Å². The van der Waals surface area contributed by atoms with Crippen LogP contribution >= 0.6 is 0 Å². The molecule has 86 valence electrons. The van der Waals surface area contributed by atoms with E-state index in [1.165, 1.54) is 0 Å². The molecule has 1 aromatic rings. The molecule has 1 fully saturated rings. The molecule has 1 atom stereocenters. The van der Waals surface area contributed by atoms with Crippen molar-refractivity contribution < 1.29 is 4.79 Å². The molecule has 0 radical (unpaired) electrons. The Balaban J connectivity index is 2.03. The summed E-state index contributed by atoms with van der Waals surface area (Å²) in [5.41, 5.74) is 12.2. The van der Waals surface area contributed by atoms with Gasteiger partial charge in [0, 0.05) is 25.7 Å². The molecule has 1 saturated heterocycles. The fourth-order valence-electron chi connectivity index (χ4n) is 1.98. The number of carbonyl (C=O) groups excluding carboxylic acids is 1. The molecule has 2 heterocycles. The fraction of sp³-hybridized carbons (Fsp3) is 0.455. The smallest absolute Gasteiger partial charge is 0.223 e. The third-order valence-corrected chi connectivity index (χ3v) is 2.85. The second-order valence-electron chi connectivity index (χ2n) is 4.17. The van der Waals surface area contributed by atoms with Crippen molar-refractivity contribution in [2.45, 2.75) is 13.0 Å². The number of pyridine rings is 1. The quantitative estimate of drug-likeness (QED) is 0.749. The summed E-state index contributed by atoms with van der Waals surface area (Å²) in [7, 11) is 0. The number of anilines is 1. The van der Waals surface area contributed by atoms with Crippen LogP contribution in [0.2, 0.25) is 0 Å². The standard InChI is InChI=1S/C11H16N4O/c12-5-9-4-11(16)15(7-9)6-8-1-2-14-10(13)3-8/h1-3,9H,4-7,12H2,(H2,13,14). The summed E-state index contributed by atoms with van der Waals surface area (Å²) in [5, 5.41) is 0. The average Bonchev–Trinajstić information content (AvgIpc) is 2.60. The van der Waals surface area contributed by atoms with E-state index in [9.17, 15) is 4.79 Å². The van der Waals surface area contributed by atoms with Gasteiger partial charge in [0.2, 0.25) is 5.91 Å². The van der Waals surface area contributed by atoms with Crippen LogP contribution in [0.3, 0.4) is 0 Å². The van der Waals surface area contributed by atoms with Gasteiger partial charge in [-0.1, -0.05) is 0 Å². The van der Waals surface area contributed by atoms with Crippen LogP contribution in [0.5, 0.6) is 0 Å². The van der Waals surface area contributed by atoms with Crippen molar-refractivity contribution in [1.82, 2.24) is 9.88 Å². The van der Waals surface area contributed by atoms with Crippen LogP contribution in [-0.2, 0) is 11.3 Å². The van der Waals surface area contributed by atoms with E-state index in [1.54, 1.807) is 12.3 Å². The predicted octanol–water partition coefficient (Wildman–Crippen LogP) is -0.0290. The Hall–Kier alpha value is -1.62. The van der Waals surface area contributed by atoms with E-state index in [2.05, 4.69) is 4.98 Å². The van der Waals surface area contributed by atoms with Crippen LogP contribution in [0.15, 0.2) is 18.3 Å². The van der Waals surface area contributed by atoms with Crippen LogP contribution in [0.1, 0.15) is 12.0 Å². The molecule has 5 heteroatoms. The van der Waals surface area contributed by atoms with Crippen molar-refractivity contribution in [3.05, 3.63) is 23.9 Å². The summed E-state index contributed by atoms with van der Waals surface area (Å²) in [6, 6.07) is 3.67. The number of amides is 1. The molecule has 0 bridgehead atoms. The summed E-state index contributed by atoms with van der Waals surface area (Å²) in [6.45, 7) is 1.92.